The van der Waals surface area contributed by atoms with Crippen LogP contribution in [0.25, 0.3) is 11.6 Å². The Labute approximate surface area is 188 Å². The van der Waals surface area contributed by atoms with Crippen molar-refractivity contribution >= 4 is 52.0 Å². The van der Waals surface area contributed by atoms with E-state index in [1.165, 1.54) is 0 Å². The van der Waals surface area contributed by atoms with Gasteiger partial charge in [0, 0.05) is 61.1 Å². The van der Waals surface area contributed by atoms with E-state index in [1.54, 1.807) is 29.7 Å². The van der Waals surface area contributed by atoms with E-state index in [0.29, 0.717) is 18.2 Å². The number of fused-ring (bicyclic) bond motifs is 3. The second kappa shape index (κ2) is 7.95. The largest absolute Gasteiger partial charge is 0.369 e. The number of hydrogen-bond acceptors (Lipinski definition) is 9. The fourth-order valence-electron chi connectivity index (χ4n) is 4.24. The standard InChI is InChI=1S/C22H21FN8S/c23-17-10-15(30-6-3-24-4-7-30)1-2-18(17)28-22-26-11-14-9-16(19-12-32-13-27-19)21-25-5-8-31(21)20(14)29-22/h1-2,9-13,24H,3-8H2,(H,26,28,29). The number of rotatable bonds is 4. The summed E-state index contributed by atoms with van der Waals surface area (Å²) in [6.45, 7) is 5.00. The molecular formula is C22H21FN8S. The van der Waals surface area contributed by atoms with Crippen LogP contribution in [0.15, 0.2) is 40.3 Å². The van der Waals surface area contributed by atoms with Crippen LogP contribution in [0.5, 0.6) is 0 Å². The Balaban J connectivity index is 1.29. The molecular weight excluding hydrogens is 427 g/mol. The van der Waals surface area contributed by atoms with Crippen LogP contribution in [0, 0.1) is 5.82 Å². The van der Waals surface area contributed by atoms with Gasteiger partial charge in [0.2, 0.25) is 5.95 Å². The van der Waals surface area contributed by atoms with Gasteiger partial charge in [-0.15, -0.1) is 11.3 Å². The van der Waals surface area contributed by atoms with Gasteiger partial charge in [0.1, 0.15) is 17.5 Å². The maximum atomic E-state index is 14.8. The van der Waals surface area contributed by atoms with Gasteiger partial charge in [-0.25, -0.2) is 14.4 Å². The van der Waals surface area contributed by atoms with Crippen LogP contribution < -0.4 is 20.4 Å². The van der Waals surface area contributed by atoms with Crippen LogP contribution in [0.3, 0.4) is 0 Å². The molecule has 5 heterocycles. The first-order chi connectivity index (χ1) is 15.8. The predicted molar refractivity (Wildman–Crippen MR) is 126 cm³/mol. The molecule has 0 saturated carbocycles. The lowest BCUT2D eigenvalue weighted by Crippen LogP contribution is -2.43. The molecule has 0 aliphatic carbocycles. The Morgan fingerprint density at radius 1 is 1.12 bits per heavy atom. The summed E-state index contributed by atoms with van der Waals surface area (Å²) >= 11 is 1.56. The topological polar surface area (TPSA) is 81.6 Å². The first-order valence-corrected chi connectivity index (χ1v) is 11.5. The molecule has 162 valence electrons. The molecule has 2 aromatic heterocycles. The predicted octanol–water partition coefficient (Wildman–Crippen LogP) is 3.00. The average molecular weight is 449 g/mol. The molecule has 3 aliphatic rings. The molecule has 3 aliphatic heterocycles. The van der Waals surface area contributed by atoms with Crippen molar-refractivity contribution in [3.63, 3.8) is 0 Å². The number of piperazine rings is 1. The lowest BCUT2D eigenvalue weighted by molar-refractivity contribution is 0.585. The van der Waals surface area contributed by atoms with Crippen LogP contribution in [-0.4, -0.2) is 60.1 Å². The summed E-state index contributed by atoms with van der Waals surface area (Å²) in [5.74, 6) is 1.68. The first-order valence-electron chi connectivity index (χ1n) is 10.6. The Morgan fingerprint density at radius 3 is 2.84 bits per heavy atom. The summed E-state index contributed by atoms with van der Waals surface area (Å²) < 4.78 is 14.8. The summed E-state index contributed by atoms with van der Waals surface area (Å²) in [6.07, 6.45) is 3.79. The zero-order valence-electron chi connectivity index (χ0n) is 17.3. The molecule has 0 radical (unpaired) electrons. The SMILES string of the molecule is Fc1cc(N2CCNCC2)ccc1Nc1ncc2c(n1)N1CCN=C1C(c1cscn1)=C2. The first kappa shape index (κ1) is 19.3. The Kier molecular flexibility index (Phi) is 4.80. The minimum absolute atomic E-state index is 0.323. The molecule has 1 aromatic carbocycles. The summed E-state index contributed by atoms with van der Waals surface area (Å²) in [7, 11) is 0. The number of benzene rings is 1. The van der Waals surface area contributed by atoms with Crippen molar-refractivity contribution < 1.29 is 4.39 Å². The normalized spacial score (nSPS) is 17.5. The highest BCUT2D eigenvalue weighted by molar-refractivity contribution is 7.07. The van der Waals surface area contributed by atoms with E-state index in [2.05, 4.69) is 35.4 Å². The third kappa shape index (κ3) is 3.41. The van der Waals surface area contributed by atoms with Gasteiger partial charge < -0.3 is 20.4 Å². The number of amidine groups is 1. The highest BCUT2D eigenvalue weighted by Gasteiger charge is 2.31. The second-order valence-corrected chi connectivity index (χ2v) is 8.51. The van der Waals surface area contributed by atoms with E-state index in [1.807, 2.05) is 23.0 Å². The molecule has 0 bridgehead atoms. The Hall–Kier alpha value is -3.37. The maximum Gasteiger partial charge on any atom is 0.229 e. The number of nitrogens with one attached hydrogen (secondary N) is 2. The lowest BCUT2D eigenvalue weighted by Gasteiger charge is -2.29. The van der Waals surface area contributed by atoms with Crippen LogP contribution in [0.4, 0.5) is 27.5 Å². The smallest absolute Gasteiger partial charge is 0.229 e. The van der Waals surface area contributed by atoms with Crippen LogP contribution in [0.1, 0.15) is 11.3 Å². The zero-order valence-corrected chi connectivity index (χ0v) is 18.1. The van der Waals surface area contributed by atoms with E-state index < -0.39 is 0 Å². The molecule has 10 heteroatoms. The van der Waals surface area contributed by atoms with Crippen molar-refractivity contribution in [2.45, 2.75) is 0 Å². The molecule has 2 N–H and O–H groups in total. The van der Waals surface area contributed by atoms with Crippen molar-refractivity contribution in [1.82, 2.24) is 20.3 Å². The molecule has 3 aromatic rings. The van der Waals surface area contributed by atoms with Crippen LogP contribution >= 0.6 is 11.3 Å². The van der Waals surface area contributed by atoms with Crippen molar-refractivity contribution in [2.24, 2.45) is 4.99 Å². The van der Waals surface area contributed by atoms with Gasteiger partial charge >= 0.3 is 0 Å². The number of hydrogen-bond donors (Lipinski definition) is 2. The Bertz CT molecular complexity index is 1220. The number of thiazole rings is 1. The maximum absolute atomic E-state index is 14.8. The van der Waals surface area contributed by atoms with Gasteiger partial charge in [-0.05, 0) is 24.3 Å². The summed E-state index contributed by atoms with van der Waals surface area (Å²) in [4.78, 5) is 22.5. The van der Waals surface area contributed by atoms with Gasteiger partial charge in [-0.1, -0.05) is 0 Å². The second-order valence-electron chi connectivity index (χ2n) is 7.79. The van der Waals surface area contributed by atoms with Crippen LogP contribution in [0.2, 0.25) is 0 Å². The molecule has 0 atom stereocenters. The molecule has 6 rings (SSSR count). The van der Waals surface area contributed by atoms with Gasteiger partial charge in [-0.3, -0.25) is 4.99 Å². The Morgan fingerprint density at radius 2 is 2.03 bits per heavy atom. The van der Waals surface area contributed by atoms with E-state index in [0.717, 1.165) is 66.9 Å². The van der Waals surface area contributed by atoms with Crippen molar-refractivity contribution in [3.8, 4) is 0 Å². The lowest BCUT2D eigenvalue weighted by atomic mass is 10.0. The van der Waals surface area contributed by atoms with E-state index in [9.17, 15) is 4.39 Å². The number of aromatic nitrogens is 3. The molecule has 32 heavy (non-hydrogen) atoms. The van der Waals surface area contributed by atoms with Crippen LogP contribution in [-0.2, 0) is 0 Å². The number of aliphatic imine (C=N–C) groups is 1. The van der Waals surface area contributed by atoms with Gasteiger partial charge in [-0.2, -0.15) is 4.98 Å². The number of halogens is 1. The summed E-state index contributed by atoms with van der Waals surface area (Å²) in [5.41, 5.74) is 5.84. The van der Waals surface area contributed by atoms with Gasteiger partial charge in [0.25, 0.3) is 0 Å². The summed E-state index contributed by atoms with van der Waals surface area (Å²) in [6, 6.07) is 5.25. The summed E-state index contributed by atoms with van der Waals surface area (Å²) in [5, 5.41) is 8.37. The molecule has 1 fully saturated rings. The van der Waals surface area contributed by atoms with Gasteiger partial charge in [0.05, 0.1) is 23.4 Å². The molecule has 0 spiro atoms. The van der Waals surface area contributed by atoms with Crippen molar-refractivity contribution in [2.75, 3.05) is 54.4 Å². The van der Waals surface area contributed by atoms with E-state index in [-0.39, 0.29) is 5.82 Å². The number of nitrogens with zero attached hydrogens (tertiary/aromatic N) is 6. The molecule has 1 saturated heterocycles. The fourth-order valence-corrected chi connectivity index (χ4v) is 4.80. The third-order valence-electron chi connectivity index (χ3n) is 5.82. The van der Waals surface area contributed by atoms with E-state index >= 15 is 0 Å². The number of anilines is 4. The minimum Gasteiger partial charge on any atom is -0.369 e. The minimum atomic E-state index is -0.323. The highest BCUT2D eigenvalue weighted by Crippen LogP contribution is 2.35. The van der Waals surface area contributed by atoms with Crippen molar-refractivity contribution in [3.05, 3.63) is 52.4 Å². The third-order valence-corrected chi connectivity index (χ3v) is 6.41. The molecule has 0 amide bonds. The average Bonchev–Trinajstić information content (AvgIpc) is 3.53. The zero-order chi connectivity index (χ0) is 21.5. The quantitative estimate of drug-likeness (QED) is 0.635. The molecule has 0 unspecified atom stereocenters. The van der Waals surface area contributed by atoms with Gasteiger partial charge in [0.15, 0.2) is 0 Å². The highest BCUT2D eigenvalue weighted by atomic mass is 32.1. The fraction of sp³-hybridized carbons (Fsp3) is 0.273. The van der Waals surface area contributed by atoms with Crippen molar-refractivity contribution in [1.29, 1.82) is 0 Å². The molecule has 8 nitrogen and oxygen atoms in total. The van der Waals surface area contributed by atoms with E-state index in [4.69, 9.17) is 4.98 Å². The monoisotopic (exact) mass is 448 g/mol.